The van der Waals surface area contributed by atoms with Gasteiger partial charge in [-0.1, -0.05) is 0 Å². The van der Waals surface area contributed by atoms with Crippen molar-refractivity contribution in [1.82, 2.24) is 14.3 Å². The SMILES string of the molecule is CN1C[C@@](C)(c2cc(NC(=O)c3cnc(OCC(F)(F)F)cn3)ccc2F)N=C(N)C(C)(C)S1(O)O. The number of nitrogens with one attached hydrogen (secondary N) is 1. The number of likely N-dealkylation sites (N-methyl/N-ethyl adjacent to an activating group) is 1. The molecule has 36 heavy (non-hydrogen) atoms. The van der Waals surface area contributed by atoms with Crippen LogP contribution in [0.5, 0.6) is 5.88 Å². The Morgan fingerprint density at radius 1 is 1.25 bits per heavy atom. The first-order chi connectivity index (χ1) is 16.5. The number of amides is 1. The van der Waals surface area contributed by atoms with Crippen LogP contribution in [0, 0.1) is 5.82 Å². The predicted octanol–water partition coefficient (Wildman–Crippen LogP) is 3.77. The Hall–Kier alpha value is -3.01. The molecular formula is C21H26F4N6O4S. The monoisotopic (exact) mass is 534 g/mol. The highest BCUT2D eigenvalue weighted by atomic mass is 32.3. The highest BCUT2D eigenvalue weighted by molar-refractivity contribution is 8.24. The van der Waals surface area contributed by atoms with Gasteiger partial charge < -0.3 is 15.8 Å². The van der Waals surface area contributed by atoms with Crippen LogP contribution in [-0.4, -0.2) is 66.2 Å². The van der Waals surface area contributed by atoms with E-state index in [2.05, 4.69) is 25.0 Å². The molecule has 1 aliphatic rings. The lowest BCUT2D eigenvalue weighted by Gasteiger charge is -2.50. The molecule has 0 fully saturated rings. The second kappa shape index (κ2) is 9.46. The molecule has 15 heteroatoms. The van der Waals surface area contributed by atoms with Gasteiger partial charge in [-0.3, -0.25) is 18.9 Å². The van der Waals surface area contributed by atoms with Gasteiger partial charge in [-0.25, -0.2) is 18.7 Å². The van der Waals surface area contributed by atoms with E-state index < -0.39 is 51.4 Å². The summed E-state index contributed by atoms with van der Waals surface area (Å²) in [6, 6.07) is 3.73. The van der Waals surface area contributed by atoms with Crippen molar-refractivity contribution in [2.45, 2.75) is 37.2 Å². The standard InChI is InChI=1S/C21H26F4N6O4S/c1-19(2)18(26)30-20(3,10-31(4)36(19,33)34)13-7-12(5-6-14(13)22)29-17(32)15-8-28-16(9-27-15)35-11-21(23,24)25/h5-9,33-34H,10-11H2,1-4H3,(H2,26,30)(H,29,32)/t20-/m0/s1. The van der Waals surface area contributed by atoms with Gasteiger partial charge in [0.2, 0.25) is 5.88 Å². The third kappa shape index (κ3) is 5.53. The van der Waals surface area contributed by atoms with Gasteiger partial charge in [-0.05, 0) is 39.0 Å². The smallest absolute Gasteiger partial charge is 0.422 e. The summed E-state index contributed by atoms with van der Waals surface area (Å²) < 4.78 is 77.6. The van der Waals surface area contributed by atoms with Crippen LogP contribution in [0.25, 0.3) is 0 Å². The molecular weight excluding hydrogens is 508 g/mol. The van der Waals surface area contributed by atoms with Gasteiger partial charge in [0.15, 0.2) is 6.61 Å². The van der Waals surface area contributed by atoms with Crippen LogP contribution in [0.1, 0.15) is 36.8 Å². The van der Waals surface area contributed by atoms with Crippen LogP contribution in [0.3, 0.4) is 0 Å². The number of nitrogens with zero attached hydrogens (tertiary/aromatic N) is 4. The number of carbonyl (C=O) groups excluding carboxylic acids is 1. The summed E-state index contributed by atoms with van der Waals surface area (Å²) in [4.78, 5) is 24.4. The number of halogens is 4. The van der Waals surface area contributed by atoms with Crippen molar-refractivity contribution < 1.29 is 36.2 Å². The van der Waals surface area contributed by atoms with Gasteiger partial charge in [0.25, 0.3) is 5.91 Å². The number of hydrogen-bond donors (Lipinski definition) is 4. The maximum atomic E-state index is 15.0. The molecule has 3 rings (SSSR count). The minimum Gasteiger partial charge on any atom is -0.467 e. The Labute approximate surface area is 206 Å². The average molecular weight is 535 g/mol. The molecule has 1 amide bonds. The zero-order chi connectivity index (χ0) is 27.1. The number of nitrogens with two attached hydrogens (primary N) is 1. The second-order valence-corrected chi connectivity index (χ2v) is 11.6. The molecule has 5 N–H and O–H groups in total. The first kappa shape index (κ1) is 27.6. The van der Waals surface area contributed by atoms with Gasteiger partial charge in [0, 0.05) is 24.8 Å². The molecule has 1 aromatic carbocycles. The number of anilines is 1. The van der Waals surface area contributed by atoms with Crippen LogP contribution in [0.4, 0.5) is 23.2 Å². The largest absolute Gasteiger partial charge is 0.467 e. The molecule has 0 bridgehead atoms. The number of rotatable bonds is 5. The fourth-order valence-electron chi connectivity index (χ4n) is 3.51. The van der Waals surface area contributed by atoms with Crippen molar-refractivity contribution >= 4 is 28.2 Å². The van der Waals surface area contributed by atoms with E-state index in [0.29, 0.717) is 0 Å². The number of aromatic nitrogens is 2. The normalized spacial score (nSPS) is 22.8. The molecule has 0 spiro atoms. The molecule has 1 aromatic heterocycles. The molecule has 0 saturated heterocycles. The van der Waals surface area contributed by atoms with E-state index in [1.807, 2.05) is 0 Å². The topological polar surface area (TPSA) is 146 Å². The number of amidine groups is 1. The van der Waals surface area contributed by atoms with Crippen molar-refractivity contribution in [2.24, 2.45) is 10.7 Å². The molecule has 2 heterocycles. The minimum atomic E-state index is -4.55. The van der Waals surface area contributed by atoms with Gasteiger partial charge in [-0.2, -0.15) is 13.2 Å². The van der Waals surface area contributed by atoms with Gasteiger partial charge in [0.05, 0.1) is 12.4 Å². The van der Waals surface area contributed by atoms with Gasteiger partial charge >= 0.3 is 6.18 Å². The summed E-state index contributed by atoms with van der Waals surface area (Å²) >= 11 is 0. The number of alkyl halides is 3. The van der Waals surface area contributed by atoms with Crippen LogP contribution in [-0.2, 0) is 5.54 Å². The van der Waals surface area contributed by atoms with Crippen LogP contribution < -0.4 is 15.8 Å². The third-order valence-corrected chi connectivity index (χ3v) is 8.26. The lowest BCUT2D eigenvalue weighted by atomic mass is 9.91. The van der Waals surface area contributed by atoms with Crippen molar-refractivity contribution in [2.75, 3.05) is 25.5 Å². The second-order valence-electron chi connectivity index (χ2n) is 8.88. The number of aliphatic imine (C=N–C) groups is 1. The molecule has 198 valence electrons. The van der Waals surface area contributed by atoms with Crippen molar-refractivity contribution in [3.05, 3.63) is 47.7 Å². The molecule has 1 aliphatic heterocycles. The maximum absolute atomic E-state index is 15.0. The molecule has 2 aromatic rings. The zero-order valence-corrected chi connectivity index (χ0v) is 20.6. The molecule has 0 unspecified atom stereocenters. The van der Waals surface area contributed by atoms with E-state index in [1.165, 1.54) is 37.3 Å². The van der Waals surface area contributed by atoms with E-state index in [-0.39, 0.29) is 29.3 Å². The Bertz CT molecular complexity index is 1180. The molecule has 0 radical (unpaired) electrons. The first-order valence-corrected chi connectivity index (χ1v) is 11.9. The molecule has 0 aliphatic carbocycles. The first-order valence-electron chi connectivity index (χ1n) is 10.4. The van der Waals surface area contributed by atoms with Crippen molar-refractivity contribution in [3.63, 3.8) is 0 Å². The highest BCUT2D eigenvalue weighted by Crippen LogP contribution is 2.57. The summed E-state index contributed by atoms with van der Waals surface area (Å²) in [7, 11) is -1.93. The average Bonchev–Trinajstić information content (AvgIpc) is 2.82. The van der Waals surface area contributed by atoms with E-state index >= 15 is 0 Å². The molecule has 1 atom stereocenters. The number of carbonyl (C=O) groups is 1. The Morgan fingerprint density at radius 3 is 2.50 bits per heavy atom. The Morgan fingerprint density at radius 2 is 1.92 bits per heavy atom. The molecule has 10 nitrogen and oxygen atoms in total. The maximum Gasteiger partial charge on any atom is 0.422 e. The Kier molecular flexibility index (Phi) is 7.25. The summed E-state index contributed by atoms with van der Waals surface area (Å²) in [5, 5.41) is 2.51. The van der Waals surface area contributed by atoms with Crippen LogP contribution in [0.2, 0.25) is 0 Å². The summed E-state index contributed by atoms with van der Waals surface area (Å²) in [5.41, 5.74) is 4.73. The van der Waals surface area contributed by atoms with Crippen molar-refractivity contribution in [3.8, 4) is 5.88 Å². The van der Waals surface area contributed by atoms with Crippen molar-refractivity contribution in [1.29, 1.82) is 0 Å². The van der Waals surface area contributed by atoms with Crippen LogP contribution in [0.15, 0.2) is 35.6 Å². The lowest BCUT2D eigenvalue weighted by Crippen LogP contribution is -2.46. The fourth-order valence-corrected chi connectivity index (χ4v) is 5.05. The van der Waals surface area contributed by atoms with E-state index in [9.17, 15) is 31.5 Å². The highest BCUT2D eigenvalue weighted by Gasteiger charge is 2.48. The summed E-state index contributed by atoms with van der Waals surface area (Å²) in [6.45, 7) is 2.97. The third-order valence-electron chi connectivity index (χ3n) is 5.68. The summed E-state index contributed by atoms with van der Waals surface area (Å²) in [6.07, 6.45) is -2.75. The molecule has 0 saturated carbocycles. The summed E-state index contributed by atoms with van der Waals surface area (Å²) in [5.74, 6) is -1.92. The number of hydrogen-bond acceptors (Lipinski definition) is 9. The van der Waals surface area contributed by atoms with Crippen LogP contribution >= 0.6 is 10.8 Å². The minimum absolute atomic E-state index is 0.0324. The quantitative estimate of drug-likeness (QED) is 0.424. The fraction of sp³-hybridized carbons (Fsp3) is 0.429. The van der Waals surface area contributed by atoms with E-state index in [4.69, 9.17) is 5.73 Å². The van der Waals surface area contributed by atoms with Gasteiger partial charge in [-0.15, -0.1) is 10.8 Å². The lowest BCUT2D eigenvalue weighted by molar-refractivity contribution is -0.154. The number of ether oxygens (including phenoxy) is 1. The number of benzene rings is 1. The van der Waals surface area contributed by atoms with E-state index in [1.54, 1.807) is 6.92 Å². The zero-order valence-electron chi connectivity index (χ0n) is 19.8. The predicted molar refractivity (Wildman–Crippen MR) is 126 cm³/mol. The Balaban J connectivity index is 1.86. The van der Waals surface area contributed by atoms with E-state index in [0.717, 1.165) is 18.5 Å². The van der Waals surface area contributed by atoms with Gasteiger partial charge in [0.1, 0.15) is 27.6 Å².